The first-order valence-electron chi connectivity index (χ1n) is 9.34. The molecule has 0 spiro atoms. The zero-order valence-electron chi connectivity index (χ0n) is 15.7. The fourth-order valence-corrected chi connectivity index (χ4v) is 3.93. The Bertz CT molecular complexity index is 1440. The Morgan fingerprint density at radius 2 is 1.90 bits per heavy atom. The lowest BCUT2D eigenvalue weighted by Crippen LogP contribution is -2.11. The molecule has 148 valence electrons. The number of halogens is 1. The lowest BCUT2D eigenvalue weighted by molar-refractivity contribution is 0.516. The monoisotopic (exact) mass is 461 g/mol. The Hall–Kier alpha value is -3.52. The molecule has 0 bridgehead atoms. The number of imidazole rings is 1. The first-order chi connectivity index (χ1) is 14.6. The number of nitrogens with zero attached hydrogens (tertiary/aromatic N) is 4. The summed E-state index contributed by atoms with van der Waals surface area (Å²) >= 11 is 3.44. The highest BCUT2D eigenvalue weighted by Gasteiger charge is 2.17. The number of anilines is 1. The average molecular weight is 462 g/mol. The second kappa shape index (κ2) is 7.38. The predicted molar refractivity (Wildman–Crippen MR) is 119 cm³/mol. The van der Waals surface area contributed by atoms with Crippen molar-refractivity contribution in [1.82, 2.24) is 19.5 Å². The number of nitrogens with two attached hydrogens (primary N) is 1. The van der Waals surface area contributed by atoms with Gasteiger partial charge in [-0.15, -0.1) is 0 Å². The van der Waals surface area contributed by atoms with Gasteiger partial charge in [-0.3, -0.25) is 4.79 Å². The number of nitrogen functional groups attached to an aromatic ring is 1. The Kier molecular flexibility index (Phi) is 4.55. The van der Waals surface area contributed by atoms with Crippen LogP contribution < -0.4 is 11.2 Å². The first kappa shape index (κ1) is 18.5. The van der Waals surface area contributed by atoms with E-state index in [-0.39, 0.29) is 5.43 Å². The summed E-state index contributed by atoms with van der Waals surface area (Å²) in [5.41, 5.74) is 8.98. The van der Waals surface area contributed by atoms with E-state index in [9.17, 15) is 4.79 Å². The van der Waals surface area contributed by atoms with E-state index in [1.165, 1.54) is 6.33 Å². The molecule has 0 fully saturated rings. The maximum Gasteiger partial charge on any atom is 0.200 e. The Balaban J connectivity index is 1.63. The van der Waals surface area contributed by atoms with Crippen molar-refractivity contribution in [2.45, 2.75) is 13.0 Å². The van der Waals surface area contributed by atoms with Crippen molar-refractivity contribution in [3.8, 4) is 11.1 Å². The molecule has 5 rings (SSSR count). The molecule has 7 nitrogen and oxygen atoms in total. The maximum absolute atomic E-state index is 13.4. The molecule has 2 aromatic carbocycles. The molecule has 3 heterocycles. The number of benzene rings is 2. The van der Waals surface area contributed by atoms with Crippen molar-refractivity contribution in [2.24, 2.45) is 0 Å². The first-order valence-corrected chi connectivity index (χ1v) is 10.1. The molecule has 0 unspecified atom stereocenters. The minimum atomic E-state index is -0.0548. The highest BCUT2D eigenvalue weighted by Crippen LogP contribution is 2.27. The van der Waals surface area contributed by atoms with Crippen LogP contribution in [0.4, 0.5) is 5.82 Å². The highest BCUT2D eigenvalue weighted by atomic mass is 79.9. The molecule has 0 saturated carbocycles. The maximum atomic E-state index is 13.4. The van der Waals surface area contributed by atoms with Crippen LogP contribution in [-0.4, -0.2) is 19.5 Å². The number of rotatable bonds is 4. The Morgan fingerprint density at radius 1 is 1.07 bits per heavy atom. The standard InChI is InChI=1S/C22H16BrN5O2/c23-14-6-7-16-15(10-14)20(29)18(13-4-2-1-3-5-13)17(30-16)8-9-28-12-27-19-21(24)25-11-26-22(19)28/h1-7,10-12H,8-9H2,(H2,24,25,26). The van der Waals surface area contributed by atoms with Gasteiger partial charge in [-0.1, -0.05) is 46.3 Å². The summed E-state index contributed by atoms with van der Waals surface area (Å²) < 4.78 is 8.92. The van der Waals surface area contributed by atoms with E-state index in [0.717, 1.165) is 10.0 Å². The third kappa shape index (κ3) is 3.15. The van der Waals surface area contributed by atoms with Crippen molar-refractivity contribution in [3.63, 3.8) is 0 Å². The van der Waals surface area contributed by atoms with Crippen LogP contribution in [0.5, 0.6) is 0 Å². The zero-order chi connectivity index (χ0) is 20.7. The lowest BCUT2D eigenvalue weighted by Gasteiger charge is -2.11. The van der Waals surface area contributed by atoms with Crippen molar-refractivity contribution < 1.29 is 4.42 Å². The fraction of sp³-hybridized carbons (Fsp3) is 0.0909. The summed E-state index contributed by atoms with van der Waals surface area (Å²) in [6, 6.07) is 15.0. The van der Waals surface area contributed by atoms with Crippen LogP contribution in [0.2, 0.25) is 0 Å². The molecule has 0 amide bonds. The van der Waals surface area contributed by atoms with E-state index in [4.69, 9.17) is 10.2 Å². The summed E-state index contributed by atoms with van der Waals surface area (Å²) in [6.07, 6.45) is 3.58. The van der Waals surface area contributed by atoms with Crippen LogP contribution >= 0.6 is 15.9 Å². The molecule has 3 aromatic heterocycles. The lowest BCUT2D eigenvalue weighted by atomic mass is 10.0. The van der Waals surface area contributed by atoms with Crippen LogP contribution in [0, 0.1) is 0 Å². The van der Waals surface area contributed by atoms with Crippen LogP contribution in [0.15, 0.2) is 74.9 Å². The van der Waals surface area contributed by atoms with Crippen LogP contribution in [0.25, 0.3) is 33.3 Å². The molecule has 0 saturated heterocycles. The van der Waals surface area contributed by atoms with Crippen molar-refractivity contribution in [3.05, 3.63) is 81.6 Å². The minimum absolute atomic E-state index is 0.0548. The molecule has 0 atom stereocenters. The Labute approximate surface area is 179 Å². The van der Waals surface area contributed by atoms with Gasteiger partial charge in [0.2, 0.25) is 5.43 Å². The summed E-state index contributed by atoms with van der Waals surface area (Å²) in [4.78, 5) is 25.9. The molecule has 0 aliphatic rings. The van der Waals surface area contributed by atoms with Crippen LogP contribution in [0.1, 0.15) is 5.76 Å². The molecular formula is C22H16BrN5O2. The number of fused-ring (bicyclic) bond motifs is 2. The summed E-state index contributed by atoms with van der Waals surface area (Å²) in [5.74, 6) is 0.955. The van der Waals surface area contributed by atoms with Crippen molar-refractivity contribution in [2.75, 3.05) is 5.73 Å². The highest BCUT2D eigenvalue weighted by molar-refractivity contribution is 9.10. The van der Waals surface area contributed by atoms with Crippen LogP contribution in [-0.2, 0) is 13.0 Å². The van der Waals surface area contributed by atoms with Gasteiger partial charge in [0.25, 0.3) is 0 Å². The average Bonchev–Trinajstić information content (AvgIpc) is 3.18. The van der Waals surface area contributed by atoms with E-state index >= 15 is 0 Å². The summed E-state index contributed by atoms with van der Waals surface area (Å²) in [6.45, 7) is 0.526. The number of aryl methyl sites for hydroxylation is 2. The molecule has 0 aliphatic heterocycles. The van der Waals surface area contributed by atoms with E-state index in [0.29, 0.717) is 52.2 Å². The van der Waals surface area contributed by atoms with Gasteiger partial charge in [0.1, 0.15) is 23.2 Å². The van der Waals surface area contributed by atoms with Gasteiger partial charge in [-0.25, -0.2) is 15.0 Å². The number of hydrogen-bond donors (Lipinski definition) is 1. The molecule has 0 aliphatic carbocycles. The van der Waals surface area contributed by atoms with Gasteiger partial charge < -0.3 is 14.7 Å². The second-order valence-corrected chi connectivity index (χ2v) is 7.77. The molecule has 0 radical (unpaired) electrons. The predicted octanol–water partition coefficient (Wildman–Crippen LogP) is 4.19. The number of hydrogen-bond acceptors (Lipinski definition) is 6. The molecule has 5 aromatic rings. The largest absolute Gasteiger partial charge is 0.460 e. The molecule has 30 heavy (non-hydrogen) atoms. The van der Waals surface area contributed by atoms with Gasteiger partial charge in [0.05, 0.1) is 17.3 Å². The van der Waals surface area contributed by atoms with Crippen molar-refractivity contribution in [1.29, 1.82) is 0 Å². The van der Waals surface area contributed by atoms with Gasteiger partial charge in [-0.05, 0) is 23.8 Å². The summed E-state index contributed by atoms with van der Waals surface area (Å²) in [5, 5.41) is 0.542. The molecular weight excluding hydrogens is 446 g/mol. The van der Waals surface area contributed by atoms with Crippen molar-refractivity contribution >= 4 is 43.9 Å². The van der Waals surface area contributed by atoms with Crippen LogP contribution in [0.3, 0.4) is 0 Å². The van der Waals surface area contributed by atoms with E-state index < -0.39 is 0 Å². The van der Waals surface area contributed by atoms with E-state index in [1.807, 2.05) is 41.0 Å². The second-order valence-electron chi connectivity index (χ2n) is 6.85. The summed E-state index contributed by atoms with van der Waals surface area (Å²) in [7, 11) is 0. The molecule has 2 N–H and O–H groups in total. The smallest absolute Gasteiger partial charge is 0.200 e. The topological polar surface area (TPSA) is 99.8 Å². The zero-order valence-corrected chi connectivity index (χ0v) is 17.3. The van der Waals surface area contributed by atoms with E-state index in [1.54, 1.807) is 18.5 Å². The quantitative estimate of drug-likeness (QED) is 0.430. The Morgan fingerprint density at radius 3 is 2.73 bits per heavy atom. The minimum Gasteiger partial charge on any atom is -0.460 e. The third-order valence-corrected chi connectivity index (χ3v) is 5.49. The SMILES string of the molecule is Nc1ncnc2c1ncn2CCc1oc2ccc(Br)cc2c(=O)c1-c1ccccc1. The van der Waals surface area contributed by atoms with E-state index in [2.05, 4.69) is 30.9 Å². The normalized spacial score (nSPS) is 11.4. The van der Waals surface area contributed by atoms with Gasteiger partial charge in [0, 0.05) is 17.4 Å². The van der Waals surface area contributed by atoms with Gasteiger partial charge >= 0.3 is 0 Å². The van der Waals surface area contributed by atoms with Gasteiger partial charge in [-0.2, -0.15) is 0 Å². The fourth-order valence-electron chi connectivity index (χ4n) is 3.57. The number of aromatic nitrogens is 4. The van der Waals surface area contributed by atoms with Gasteiger partial charge in [0.15, 0.2) is 11.5 Å². The third-order valence-electron chi connectivity index (χ3n) is 5.00. The molecule has 8 heteroatoms.